The number of ether oxygens (including phenoxy) is 1. The minimum atomic E-state index is -0.643. The molecular weight excluding hydrogens is 234 g/mol. The minimum absolute atomic E-state index is 0.222. The van der Waals surface area contributed by atoms with E-state index in [-0.39, 0.29) is 5.92 Å². The first-order valence-corrected chi connectivity index (χ1v) is 5.94. The summed E-state index contributed by atoms with van der Waals surface area (Å²) in [6, 6.07) is 6.61. The highest BCUT2D eigenvalue weighted by Crippen LogP contribution is 2.22. The largest absolute Gasteiger partial charge is 0.425 e. The number of carbonyl (C=O) groups excluding carboxylic acids is 1. The number of thiocarbonyl (C=S) groups is 1. The molecule has 0 radical (unpaired) electrons. The smallest absolute Gasteiger partial charge is 0.328 e. The molecule has 3 nitrogen and oxygen atoms in total. The van der Waals surface area contributed by atoms with Crippen molar-refractivity contribution in [2.24, 2.45) is 11.7 Å². The van der Waals surface area contributed by atoms with Crippen LogP contribution in [0.4, 0.5) is 0 Å². The van der Waals surface area contributed by atoms with Gasteiger partial charge in [0.25, 0.3) is 0 Å². The van der Waals surface area contributed by atoms with Gasteiger partial charge in [-0.25, -0.2) is 4.79 Å². The highest BCUT2D eigenvalue weighted by molar-refractivity contribution is 7.80. The summed E-state index contributed by atoms with van der Waals surface area (Å²) in [5.41, 5.74) is 6.25. The average Bonchev–Trinajstić information content (AvgIpc) is 2.28. The van der Waals surface area contributed by atoms with Gasteiger partial charge in [0, 0.05) is 10.4 Å². The first kappa shape index (κ1) is 13.8. The lowest BCUT2D eigenvalue weighted by molar-refractivity contribution is -0.135. The SMILES string of the molecule is CC(C)C(=S)c1ccccc1OC(=O)[C@H](C)N. The van der Waals surface area contributed by atoms with Crippen LogP contribution in [0.5, 0.6) is 5.75 Å². The molecule has 0 saturated carbocycles. The third-order valence-corrected chi connectivity index (χ3v) is 2.95. The number of nitrogens with two attached hydrogens (primary N) is 1. The molecule has 1 aromatic rings. The van der Waals surface area contributed by atoms with Gasteiger partial charge in [-0.1, -0.05) is 44.3 Å². The number of hydrogen-bond acceptors (Lipinski definition) is 4. The monoisotopic (exact) mass is 251 g/mol. The summed E-state index contributed by atoms with van der Waals surface area (Å²) in [7, 11) is 0. The minimum Gasteiger partial charge on any atom is -0.425 e. The summed E-state index contributed by atoms with van der Waals surface area (Å²) in [6.07, 6.45) is 0. The van der Waals surface area contributed by atoms with Crippen molar-refractivity contribution in [1.82, 2.24) is 0 Å². The second kappa shape index (κ2) is 5.89. The molecule has 92 valence electrons. The molecule has 0 aliphatic heterocycles. The molecule has 0 spiro atoms. The quantitative estimate of drug-likeness (QED) is 0.386. The van der Waals surface area contributed by atoms with Gasteiger partial charge in [-0.05, 0) is 18.9 Å². The van der Waals surface area contributed by atoms with Crippen LogP contribution < -0.4 is 10.5 Å². The highest BCUT2D eigenvalue weighted by Gasteiger charge is 2.16. The van der Waals surface area contributed by atoms with Crippen LogP contribution in [0, 0.1) is 5.92 Å². The topological polar surface area (TPSA) is 52.3 Å². The van der Waals surface area contributed by atoms with E-state index < -0.39 is 12.0 Å². The lowest BCUT2D eigenvalue weighted by Crippen LogP contribution is -2.31. The molecule has 0 aliphatic rings. The molecule has 0 fully saturated rings. The van der Waals surface area contributed by atoms with Gasteiger partial charge in [-0.3, -0.25) is 0 Å². The molecular formula is C13H17NO2S. The van der Waals surface area contributed by atoms with Crippen molar-refractivity contribution in [2.45, 2.75) is 26.8 Å². The number of rotatable bonds is 4. The van der Waals surface area contributed by atoms with E-state index in [9.17, 15) is 4.79 Å². The normalized spacial score (nSPS) is 12.3. The van der Waals surface area contributed by atoms with E-state index in [0.717, 1.165) is 10.4 Å². The fourth-order valence-corrected chi connectivity index (χ4v) is 1.44. The Labute approximate surface area is 107 Å². The van der Waals surface area contributed by atoms with Crippen molar-refractivity contribution in [3.8, 4) is 5.75 Å². The summed E-state index contributed by atoms with van der Waals surface area (Å²) in [5.74, 6) is 0.248. The Balaban J connectivity index is 3.00. The second-order valence-corrected chi connectivity index (χ2v) is 4.66. The molecule has 0 heterocycles. The van der Waals surface area contributed by atoms with Gasteiger partial charge in [-0.2, -0.15) is 0 Å². The summed E-state index contributed by atoms with van der Waals surface area (Å²) in [5, 5.41) is 0. The summed E-state index contributed by atoms with van der Waals surface area (Å²) < 4.78 is 5.23. The number of para-hydroxylation sites is 1. The van der Waals surface area contributed by atoms with E-state index in [4.69, 9.17) is 22.7 Å². The lowest BCUT2D eigenvalue weighted by Gasteiger charge is -2.13. The molecule has 0 unspecified atom stereocenters. The molecule has 0 aliphatic carbocycles. The Morgan fingerprint density at radius 2 is 1.88 bits per heavy atom. The van der Waals surface area contributed by atoms with Crippen molar-refractivity contribution >= 4 is 23.1 Å². The number of carbonyl (C=O) groups is 1. The molecule has 2 N–H and O–H groups in total. The van der Waals surface area contributed by atoms with Crippen LogP contribution in [-0.2, 0) is 4.79 Å². The first-order chi connectivity index (χ1) is 7.93. The van der Waals surface area contributed by atoms with E-state index in [0.29, 0.717) is 5.75 Å². The van der Waals surface area contributed by atoms with E-state index in [1.165, 1.54) is 0 Å². The molecule has 0 amide bonds. The van der Waals surface area contributed by atoms with Crippen molar-refractivity contribution in [3.63, 3.8) is 0 Å². The van der Waals surface area contributed by atoms with Gasteiger partial charge in [-0.15, -0.1) is 0 Å². The van der Waals surface area contributed by atoms with Gasteiger partial charge in [0.05, 0.1) is 0 Å². The van der Waals surface area contributed by atoms with Crippen LogP contribution in [0.15, 0.2) is 24.3 Å². The molecule has 0 saturated heterocycles. The van der Waals surface area contributed by atoms with Crippen LogP contribution in [0.3, 0.4) is 0 Å². The summed E-state index contributed by atoms with van der Waals surface area (Å²) in [4.78, 5) is 12.2. The van der Waals surface area contributed by atoms with Gasteiger partial charge in [0.2, 0.25) is 0 Å². The predicted molar refractivity (Wildman–Crippen MR) is 72.3 cm³/mol. The maximum atomic E-state index is 11.5. The zero-order valence-corrected chi connectivity index (χ0v) is 11.1. The van der Waals surface area contributed by atoms with Gasteiger partial charge in [0.1, 0.15) is 11.8 Å². The maximum absolute atomic E-state index is 11.5. The van der Waals surface area contributed by atoms with Crippen molar-refractivity contribution in [3.05, 3.63) is 29.8 Å². The molecule has 17 heavy (non-hydrogen) atoms. The van der Waals surface area contributed by atoms with E-state index >= 15 is 0 Å². The molecule has 4 heteroatoms. The van der Waals surface area contributed by atoms with Crippen LogP contribution >= 0.6 is 12.2 Å². The highest BCUT2D eigenvalue weighted by atomic mass is 32.1. The van der Waals surface area contributed by atoms with Gasteiger partial charge in [0.15, 0.2) is 0 Å². The van der Waals surface area contributed by atoms with E-state index in [1.807, 2.05) is 26.0 Å². The van der Waals surface area contributed by atoms with Crippen LogP contribution in [0.2, 0.25) is 0 Å². The second-order valence-electron chi connectivity index (χ2n) is 4.22. The molecule has 1 atom stereocenters. The van der Waals surface area contributed by atoms with E-state index in [1.54, 1.807) is 19.1 Å². The predicted octanol–water partition coefficient (Wildman–Crippen LogP) is 2.31. The first-order valence-electron chi connectivity index (χ1n) is 5.54. The summed E-state index contributed by atoms with van der Waals surface area (Å²) in [6.45, 7) is 5.60. The Morgan fingerprint density at radius 3 is 2.41 bits per heavy atom. The molecule has 0 aromatic heterocycles. The van der Waals surface area contributed by atoms with Gasteiger partial charge < -0.3 is 10.5 Å². The molecule has 0 bridgehead atoms. The Bertz CT molecular complexity index is 427. The standard InChI is InChI=1S/C13H17NO2S/c1-8(2)12(17)10-6-4-5-7-11(10)16-13(15)9(3)14/h4-9H,14H2,1-3H3/t9-/m0/s1. The Kier molecular flexibility index (Phi) is 4.78. The number of benzene rings is 1. The number of esters is 1. The maximum Gasteiger partial charge on any atom is 0.328 e. The van der Waals surface area contributed by atoms with Crippen LogP contribution in [0.1, 0.15) is 26.3 Å². The Morgan fingerprint density at radius 1 is 1.29 bits per heavy atom. The summed E-state index contributed by atoms with van der Waals surface area (Å²) >= 11 is 5.33. The van der Waals surface area contributed by atoms with E-state index in [2.05, 4.69) is 0 Å². The lowest BCUT2D eigenvalue weighted by atomic mass is 10.0. The van der Waals surface area contributed by atoms with Crippen molar-refractivity contribution in [2.75, 3.05) is 0 Å². The van der Waals surface area contributed by atoms with Gasteiger partial charge >= 0.3 is 5.97 Å². The molecule has 1 rings (SSSR count). The Hall–Kier alpha value is -1.26. The third kappa shape index (κ3) is 3.61. The zero-order valence-electron chi connectivity index (χ0n) is 10.3. The van der Waals surface area contributed by atoms with Crippen LogP contribution in [-0.4, -0.2) is 16.9 Å². The number of hydrogen-bond donors (Lipinski definition) is 1. The van der Waals surface area contributed by atoms with Crippen molar-refractivity contribution in [1.29, 1.82) is 0 Å². The molecule has 1 aromatic carbocycles. The fraction of sp³-hybridized carbons (Fsp3) is 0.385. The average molecular weight is 251 g/mol. The zero-order chi connectivity index (χ0) is 13.0. The van der Waals surface area contributed by atoms with Crippen LogP contribution in [0.25, 0.3) is 0 Å². The third-order valence-electron chi connectivity index (χ3n) is 2.26. The van der Waals surface area contributed by atoms with Crippen molar-refractivity contribution < 1.29 is 9.53 Å². The fourth-order valence-electron chi connectivity index (χ4n) is 1.27.